The average molecular weight is 464 g/mol. The molecule has 1 aliphatic heterocycles. The van der Waals surface area contributed by atoms with E-state index in [1.54, 1.807) is 25.7 Å². The molecule has 0 bridgehead atoms. The lowest BCUT2D eigenvalue weighted by Gasteiger charge is -2.37. The normalized spacial score (nSPS) is 17.7. The van der Waals surface area contributed by atoms with E-state index in [-0.39, 0.29) is 18.6 Å². The largest absolute Gasteiger partial charge is 0.534 e. The Morgan fingerprint density at radius 3 is 2.29 bits per heavy atom. The van der Waals surface area contributed by atoms with Gasteiger partial charge in [0.05, 0.1) is 5.69 Å². The molecule has 1 aromatic rings. The van der Waals surface area contributed by atoms with Crippen molar-refractivity contribution in [2.75, 3.05) is 31.1 Å². The number of hydrogen-bond acceptors (Lipinski definition) is 8. The third kappa shape index (κ3) is 5.38. The Bertz CT molecular complexity index is 981. The summed E-state index contributed by atoms with van der Waals surface area (Å²) < 4.78 is 69.8. The topological polar surface area (TPSA) is 102 Å². The van der Waals surface area contributed by atoms with E-state index in [0.29, 0.717) is 43.3 Å². The maximum Gasteiger partial charge on any atom is 0.534 e. The van der Waals surface area contributed by atoms with Crippen LogP contribution in [-0.2, 0) is 25.5 Å². The first-order valence-corrected chi connectivity index (χ1v) is 11.0. The van der Waals surface area contributed by atoms with Gasteiger partial charge < -0.3 is 18.7 Å². The maximum atomic E-state index is 12.6. The van der Waals surface area contributed by atoms with Gasteiger partial charge in [-0.2, -0.15) is 21.6 Å². The first-order valence-electron chi connectivity index (χ1n) is 9.55. The quantitative estimate of drug-likeness (QED) is 0.497. The van der Waals surface area contributed by atoms with Gasteiger partial charge in [0.25, 0.3) is 0 Å². The Morgan fingerprint density at radius 2 is 1.71 bits per heavy atom. The Balaban J connectivity index is 1.72. The van der Waals surface area contributed by atoms with Gasteiger partial charge in [0.15, 0.2) is 0 Å². The van der Waals surface area contributed by atoms with Crippen LogP contribution in [0.5, 0.6) is 0 Å². The zero-order valence-corrected chi connectivity index (χ0v) is 18.1. The van der Waals surface area contributed by atoms with Crippen molar-refractivity contribution in [1.82, 2.24) is 14.9 Å². The Labute approximate surface area is 178 Å². The summed E-state index contributed by atoms with van der Waals surface area (Å²) in [5.74, 6) is 0.270. The van der Waals surface area contributed by atoms with E-state index in [1.807, 2.05) is 4.90 Å². The fourth-order valence-electron chi connectivity index (χ4n) is 3.21. The number of carbonyl (C=O) groups excluding carboxylic acids is 1. The molecule has 0 atom stereocenters. The van der Waals surface area contributed by atoms with Crippen LogP contribution in [-0.4, -0.2) is 66.7 Å². The van der Waals surface area contributed by atoms with E-state index in [9.17, 15) is 26.4 Å². The fraction of sp³-hybridized carbons (Fsp3) is 0.611. The number of ether oxygens (including phenoxy) is 1. The minimum absolute atomic E-state index is 0.0411. The molecule has 0 radical (unpaired) electrons. The first-order chi connectivity index (χ1) is 14.3. The van der Waals surface area contributed by atoms with E-state index in [4.69, 9.17) is 4.74 Å². The summed E-state index contributed by atoms with van der Waals surface area (Å²) >= 11 is 0. The molecule has 1 amide bonds. The number of carbonyl (C=O) groups is 1. The molecule has 0 unspecified atom stereocenters. The molecule has 1 aliphatic carbocycles. The number of hydrogen-bond donors (Lipinski definition) is 0. The molecule has 2 heterocycles. The molecule has 0 saturated carbocycles. The van der Waals surface area contributed by atoms with Gasteiger partial charge in [-0.05, 0) is 27.2 Å². The average Bonchev–Trinajstić information content (AvgIpc) is 2.65. The first kappa shape index (κ1) is 23.1. The van der Waals surface area contributed by atoms with Crippen LogP contribution in [0.2, 0.25) is 0 Å². The molecule has 0 aromatic carbocycles. The van der Waals surface area contributed by atoms with Crippen LogP contribution < -0.4 is 4.90 Å². The standard InChI is InChI=1S/C18H23F3N4O5S/c1-17(2,3)29-16(26)25-8-6-24(7-9-25)15-13-5-4-12(10-14(13)22-11-23-15)30-31(27,28)18(19,20)21/h10-11H,4-9H2,1-3H3. The van der Waals surface area contributed by atoms with Crippen LogP contribution in [0.3, 0.4) is 0 Å². The number of nitrogens with zero attached hydrogens (tertiary/aromatic N) is 4. The van der Waals surface area contributed by atoms with Gasteiger partial charge in [-0.3, -0.25) is 0 Å². The Morgan fingerprint density at radius 1 is 1.06 bits per heavy atom. The number of aromatic nitrogens is 2. The van der Waals surface area contributed by atoms with Crippen LogP contribution >= 0.6 is 0 Å². The summed E-state index contributed by atoms with van der Waals surface area (Å²) in [6, 6.07) is 0. The summed E-state index contributed by atoms with van der Waals surface area (Å²) in [6.07, 6.45) is 2.22. The summed E-state index contributed by atoms with van der Waals surface area (Å²) in [5, 5.41) is 0. The van der Waals surface area contributed by atoms with Crippen molar-refractivity contribution in [3.63, 3.8) is 0 Å². The molecule has 1 saturated heterocycles. The third-order valence-electron chi connectivity index (χ3n) is 4.61. The molecule has 13 heteroatoms. The van der Waals surface area contributed by atoms with Crippen LogP contribution in [0.15, 0.2) is 12.1 Å². The van der Waals surface area contributed by atoms with Crippen LogP contribution in [0.25, 0.3) is 6.08 Å². The second-order valence-electron chi connectivity index (χ2n) is 8.11. The lowest BCUT2D eigenvalue weighted by molar-refractivity contribution is -0.0523. The highest BCUT2D eigenvalue weighted by molar-refractivity contribution is 7.87. The molecule has 2 aliphatic rings. The van der Waals surface area contributed by atoms with Gasteiger partial charge in [-0.25, -0.2) is 14.8 Å². The second-order valence-corrected chi connectivity index (χ2v) is 9.65. The van der Waals surface area contributed by atoms with E-state index in [1.165, 1.54) is 12.4 Å². The molecular formula is C18H23F3N4O5S. The Hall–Kier alpha value is -2.57. The molecular weight excluding hydrogens is 441 g/mol. The van der Waals surface area contributed by atoms with Crippen LogP contribution in [0, 0.1) is 0 Å². The van der Waals surface area contributed by atoms with Crippen molar-refractivity contribution < 1.29 is 35.3 Å². The number of anilines is 1. The fourth-order valence-corrected chi connectivity index (χ4v) is 3.71. The number of rotatable bonds is 3. The van der Waals surface area contributed by atoms with Crippen LogP contribution in [0.1, 0.15) is 38.4 Å². The predicted octanol–water partition coefficient (Wildman–Crippen LogP) is 2.69. The van der Waals surface area contributed by atoms with Crippen molar-refractivity contribution in [2.45, 2.75) is 44.7 Å². The number of allylic oxidation sites excluding steroid dienone is 1. The van der Waals surface area contributed by atoms with Crippen molar-refractivity contribution in [3.05, 3.63) is 23.3 Å². The summed E-state index contributed by atoms with van der Waals surface area (Å²) in [6.45, 7) is 7.18. The Kier molecular flexibility index (Phi) is 6.09. The van der Waals surface area contributed by atoms with Crippen molar-refractivity contribution in [3.8, 4) is 0 Å². The van der Waals surface area contributed by atoms with Crippen molar-refractivity contribution in [2.24, 2.45) is 0 Å². The molecule has 172 valence electrons. The monoisotopic (exact) mass is 464 g/mol. The molecule has 3 rings (SSSR count). The molecule has 1 aromatic heterocycles. The molecule has 31 heavy (non-hydrogen) atoms. The molecule has 0 spiro atoms. The van der Waals surface area contributed by atoms with Crippen LogP contribution in [0.4, 0.5) is 23.8 Å². The van der Waals surface area contributed by atoms with E-state index < -0.39 is 27.3 Å². The second kappa shape index (κ2) is 8.17. The number of piperazine rings is 1. The van der Waals surface area contributed by atoms with E-state index >= 15 is 0 Å². The minimum Gasteiger partial charge on any atom is -0.444 e. The van der Waals surface area contributed by atoms with Gasteiger partial charge in [-0.15, -0.1) is 0 Å². The molecule has 1 fully saturated rings. The lowest BCUT2D eigenvalue weighted by atomic mass is 10.0. The number of alkyl halides is 3. The minimum atomic E-state index is -5.73. The van der Waals surface area contributed by atoms with E-state index in [2.05, 4.69) is 14.2 Å². The number of amides is 1. The highest BCUT2D eigenvalue weighted by atomic mass is 32.2. The zero-order valence-electron chi connectivity index (χ0n) is 17.3. The summed E-state index contributed by atoms with van der Waals surface area (Å²) in [4.78, 5) is 24.1. The maximum absolute atomic E-state index is 12.6. The van der Waals surface area contributed by atoms with Gasteiger partial charge in [-0.1, -0.05) is 0 Å². The van der Waals surface area contributed by atoms with Crippen molar-refractivity contribution >= 4 is 28.1 Å². The smallest absolute Gasteiger partial charge is 0.444 e. The van der Waals surface area contributed by atoms with Gasteiger partial charge in [0.1, 0.15) is 23.5 Å². The van der Waals surface area contributed by atoms with Gasteiger partial charge >= 0.3 is 21.7 Å². The molecule has 0 N–H and O–H groups in total. The van der Waals surface area contributed by atoms with Gasteiger partial charge in [0, 0.05) is 44.2 Å². The highest BCUT2D eigenvalue weighted by Gasteiger charge is 2.49. The zero-order chi connectivity index (χ0) is 23.0. The third-order valence-corrected chi connectivity index (χ3v) is 5.61. The van der Waals surface area contributed by atoms with Gasteiger partial charge in [0.2, 0.25) is 0 Å². The predicted molar refractivity (Wildman–Crippen MR) is 104 cm³/mol. The SMILES string of the molecule is CC(C)(C)OC(=O)N1CCN(c2ncnc3c2CCC(OS(=O)(=O)C(F)(F)F)=C3)CC1. The number of fused-ring (bicyclic) bond motifs is 1. The van der Waals surface area contributed by atoms with Crippen molar-refractivity contribution in [1.29, 1.82) is 0 Å². The number of halogens is 3. The molecule has 9 nitrogen and oxygen atoms in total. The lowest BCUT2D eigenvalue weighted by Crippen LogP contribution is -2.50. The highest BCUT2D eigenvalue weighted by Crippen LogP contribution is 2.33. The summed E-state index contributed by atoms with van der Waals surface area (Å²) in [7, 11) is -5.73. The summed E-state index contributed by atoms with van der Waals surface area (Å²) in [5.41, 5.74) is -5.10. The van der Waals surface area contributed by atoms with E-state index in [0.717, 1.165) is 0 Å².